The molecular formula is C18H19FN2O3. The molecule has 0 aliphatic carbocycles. The van der Waals surface area contributed by atoms with Gasteiger partial charge in [0.05, 0.1) is 12.0 Å². The number of hydrogen-bond donors (Lipinski definition) is 1. The molecule has 2 unspecified atom stereocenters. The van der Waals surface area contributed by atoms with Crippen molar-refractivity contribution in [2.75, 3.05) is 0 Å². The highest BCUT2D eigenvalue weighted by atomic mass is 19.1. The number of hydrogen-bond acceptors (Lipinski definition) is 4. The molecule has 126 valence electrons. The van der Waals surface area contributed by atoms with Gasteiger partial charge >= 0.3 is 0 Å². The number of carbonyl (C=O) groups is 1. The molecule has 0 saturated carbocycles. The zero-order chi connectivity index (χ0) is 16.9. The van der Waals surface area contributed by atoms with Crippen molar-refractivity contribution in [2.45, 2.75) is 38.3 Å². The van der Waals surface area contributed by atoms with Crippen LogP contribution >= 0.6 is 0 Å². The fourth-order valence-electron chi connectivity index (χ4n) is 2.55. The number of rotatable bonds is 6. The van der Waals surface area contributed by atoms with Gasteiger partial charge in [0.25, 0.3) is 5.91 Å². The first-order valence-corrected chi connectivity index (χ1v) is 7.93. The van der Waals surface area contributed by atoms with Crippen LogP contribution in [0.15, 0.2) is 52.2 Å². The van der Waals surface area contributed by atoms with Gasteiger partial charge < -0.3 is 14.6 Å². The number of nitrogens with zero attached hydrogens (tertiary/aromatic N) is 1. The summed E-state index contributed by atoms with van der Waals surface area (Å²) in [5, 5.41) is 6.88. The fourth-order valence-corrected chi connectivity index (χ4v) is 2.55. The Morgan fingerprint density at radius 2 is 2.17 bits per heavy atom. The van der Waals surface area contributed by atoms with E-state index < -0.39 is 6.10 Å². The summed E-state index contributed by atoms with van der Waals surface area (Å²) in [6.07, 6.45) is 2.91. The van der Waals surface area contributed by atoms with E-state index in [0.29, 0.717) is 12.1 Å². The summed E-state index contributed by atoms with van der Waals surface area (Å²) < 4.78 is 18.2. The minimum atomic E-state index is -0.642. The van der Waals surface area contributed by atoms with Crippen molar-refractivity contribution in [3.63, 3.8) is 0 Å². The number of halogens is 1. The molecule has 1 aliphatic rings. The summed E-state index contributed by atoms with van der Waals surface area (Å²) in [7, 11) is 0. The van der Waals surface area contributed by atoms with E-state index in [-0.39, 0.29) is 17.8 Å². The number of oxime groups is 1. The van der Waals surface area contributed by atoms with Gasteiger partial charge in [0.1, 0.15) is 11.6 Å². The highest BCUT2D eigenvalue weighted by Gasteiger charge is 2.29. The highest BCUT2D eigenvalue weighted by molar-refractivity contribution is 6.04. The summed E-state index contributed by atoms with van der Waals surface area (Å²) in [6, 6.07) is 9.75. The van der Waals surface area contributed by atoms with E-state index in [2.05, 4.69) is 10.5 Å². The molecule has 24 heavy (non-hydrogen) atoms. The smallest absolute Gasteiger partial charge is 0.264 e. The number of benzene rings is 1. The fraction of sp³-hybridized carbons (Fsp3) is 0.333. The van der Waals surface area contributed by atoms with Gasteiger partial charge in [-0.15, -0.1) is 0 Å². The summed E-state index contributed by atoms with van der Waals surface area (Å²) in [4.78, 5) is 17.5. The highest BCUT2D eigenvalue weighted by Crippen LogP contribution is 2.17. The van der Waals surface area contributed by atoms with Crippen LogP contribution in [0.1, 0.15) is 31.1 Å². The molecule has 2 heterocycles. The second-order valence-corrected chi connectivity index (χ2v) is 5.87. The molecule has 1 aromatic heterocycles. The maximum Gasteiger partial charge on any atom is 0.264 e. The van der Waals surface area contributed by atoms with Crippen LogP contribution in [-0.4, -0.2) is 23.8 Å². The maximum absolute atomic E-state index is 13.0. The lowest BCUT2D eigenvalue weighted by atomic mass is 10.0. The zero-order valence-corrected chi connectivity index (χ0v) is 13.4. The number of amides is 1. The molecule has 0 radical (unpaired) electrons. The third-order valence-corrected chi connectivity index (χ3v) is 3.93. The average molecular weight is 330 g/mol. The van der Waals surface area contributed by atoms with Gasteiger partial charge in [-0.05, 0) is 43.2 Å². The maximum atomic E-state index is 13.0. The molecule has 0 spiro atoms. The lowest BCUT2D eigenvalue weighted by Gasteiger charge is -2.15. The number of carbonyl (C=O) groups excluding carboxylic acids is 1. The quantitative estimate of drug-likeness (QED) is 0.885. The van der Waals surface area contributed by atoms with Gasteiger partial charge in [0.15, 0.2) is 0 Å². The molecule has 2 aromatic rings. The Labute approximate surface area is 139 Å². The Morgan fingerprint density at radius 1 is 1.38 bits per heavy atom. The van der Waals surface area contributed by atoms with Crippen molar-refractivity contribution in [1.29, 1.82) is 0 Å². The van der Waals surface area contributed by atoms with Gasteiger partial charge in [-0.25, -0.2) is 4.39 Å². The van der Waals surface area contributed by atoms with Gasteiger partial charge in [0.2, 0.25) is 6.10 Å². The average Bonchev–Trinajstić information content (AvgIpc) is 3.25. The largest absolute Gasteiger partial charge is 0.469 e. The molecule has 1 N–H and O–H groups in total. The van der Waals surface area contributed by atoms with Gasteiger partial charge in [-0.1, -0.05) is 17.3 Å². The summed E-state index contributed by atoms with van der Waals surface area (Å²) in [5.41, 5.74) is 1.41. The molecule has 3 rings (SSSR count). The topological polar surface area (TPSA) is 63.8 Å². The van der Waals surface area contributed by atoms with Crippen molar-refractivity contribution < 1.29 is 18.4 Å². The number of aryl methyl sites for hydroxylation is 1. The van der Waals surface area contributed by atoms with Gasteiger partial charge in [-0.2, -0.15) is 0 Å². The lowest BCUT2D eigenvalue weighted by Crippen LogP contribution is -2.40. The molecule has 1 aliphatic heterocycles. The summed E-state index contributed by atoms with van der Waals surface area (Å²) in [6.45, 7) is 1.94. The van der Waals surface area contributed by atoms with Crippen molar-refractivity contribution in [2.24, 2.45) is 5.16 Å². The van der Waals surface area contributed by atoms with E-state index >= 15 is 0 Å². The van der Waals surface area contributed by atoms with E-state index in [4.69, 9.17) is 9.25 Å². The van der Waals surface area contributed by atoms with Crippen molar-refractivity contribution in [3.8, 4) is 0 Å². The first-order chi connectivity index (χ1) is 11.6. The van der Waals surface area contributed by atoms with Crippen molar-refractivity contribution >= 4 is 11.6 Å². The van der Waals surface area contributed by atoms with E-state index in [1.54, 1.807) is 18.4 Å². The molecule has 0 bridgehead atoms. The molecule has 2 atom stereocenters. The predicted octanol–water partition coefficient (Wildman–Crippen LogP) is 3.05. The molecule has 1 aromatic carbocycles. The van der Waals surface area contributed by atoms with E-state index in [9.17, 15) is 9.18 Å². The van der Waals surface area contributed by atoms with Crippen LogP contribution in [0.4, 0.5) is 4.39 Å². The Kier molecular flexibility index (Phi) is 4.93. The summed E-state index contributed by atoms with van der Waals surface area (Å²) >= 11 is 0. The predicted molar refractivity (Wildman–Crippen MR) is 87.1 cm³/mol. The van der Waals surface area contributed by atoms with Crippen LogP contribution in [0.3, 0.4) is 0 Å². The summed E-state index contributed by atoms with van der Waals surface area (Å²) in [5.74, 6) is 0.399. The standard InChI is InChI=1S/C18H19FN2O3/c1-12(4-9-15-3-2-10-23-15)20-18(22)17-11-16(21-24-17)13-5-7-14(19)8-6-13/h2-3,5-8,10,12,17H,4,9,11H2,1H3,(H,20,22). The van der Waals surface area contributed by atoms with Crippen molar-refractivity contribution in [1.82, 2.24) is 5.32 Å². The first-order valence-electron chi connectivity index (χ1n) is 7.93. The zero-order valence-electron chi connectivity index (χ0n) is 13.4. The minimum Gasteiger partial charge on any atom is -0.469 e. The molecule has 0 saturated heterocycles. The molecular weight excluding hydrogens is 311 g/mol. The molecule has 6 heteroatoms. The molecule has 0 fully saturated rings. The SMILES string of the molecule is CC(CCc1ccco1)NC(=O)C1CC(c2ccc(F)cc2)=NO1. The van der Waals surface area contributed by atoms with E-state index in [1.807, 2.05) is 19.1 Å². The minimum absolute atomic E-state index is 0.000992. The van der Waals surface area contributed by atoms with Gasteiger partial charge in [-0.3, -0.25) is 4.79 Å². The Balaban J connectivity index is 1.47. The second-order valence-electron chi connectivity index (χ2n) is 5.87. The molecule has 5 nitrogen and oxygen atoms in total. The first kappa shape index (κ1) is 16.2. The van der Waals surface area contributed by atoms with Gasteiger partial charge in [0, 0.05) is 18.9 Å². The Morgan fingerprint density at radius 3 is 2.88 bits per heavy atom. The van der Waals surface area contributed by atoms with Crippen LogP contribution in [0.5, 0.6) is 0 Å². The van der Waals surface area contributed by atoms with E-state index in [0.717, 1.165) is 24.2 Å². The third kappa shape index (κ3) is 4.01. The monoisotopic (exact) mass is 330 g/mol. The van der Waals surface area contributed by atoms with Crippen molar-refractivity contribution in [3.05, 3.63) is 59.8 Å². The normalized spacial score (nSPS) is 17.9. The lowest BCUT2D eigenvalue weighted by molar-refractivity contribution is -0.131. The Bertz CT molecular complexity index is 710. The number of furan rings is 1. The second kappa shape index (κ2) is 7.29. The third-order valence-electron chi connectivity index (χ3n) is 3.93. The van der Waals surface area contributed by atoms with Crippen LogP contribution in [0.2, 0.25) is 0 Å². The van der Waals surface area contributed by atoms with Crippen LogP contribution in [-0.2, 0) is 16.1 Å². The Hall–Kier alpha value is -2.63. The van der Waals surface area contributed by atoms with Crippen LogP contribution < -0.4 is 5.32 Å². The van der Waals surface area contributed by atoms with Crippen LogP contribution in [0.25, 0.3) is 0 Å². The van der Waals surface area contributed by atoms with E-state index in [1.165, 1.54) is 12.1 Å². The molecule has 1 amide bonds. The number of nitrogens with one attached hydrogen (secondary N) is 1. The van der Waals surface area contributed by atoms with Crippen LogP contribution in [0, 0.1) is 5.82 Å².